The number of halogens is 1. The van der Waals surface area contributed by atoms with Crippen LogP contribution in [0.15, 0.2) is 69.6 Å². The molecule has 198 valence electrons. The maximum absolute atomic E-state index is 13.6. The van der Waals surface area contributed by atoms with Gasteiger partial charge in [0.05, 0.1) is 35.1 Å². The number of rotatable bonds is 5. The summed E-state index contributed by atoms with van der Waals surface area (Å²) in [5.41, 5.74) is 2.19. The molecule has 0 aliphatic carbocycles. The van der Waals surface area contributed by atoms with Gasteiger partial charge in [0, 0.05) is 11.9 Å². The summed E-state index contributed by atoms with van der Waals surface area (Å²) in [6.45, 7) is 4.72. The molecule has 1 atom stereocenters. The molecule has 3 aromatic rings. The lowest BCUT2D eigenvalue weighted by Gasteiger charge is -2.25. The van der Waals surface area contributed by atoms with Gasteiger partial charge in [-0.2, -0.15) is 0 Å². The lowest BCUT2D eigenvalue weighted by Crippen LogP contribution is -2.40. The Bertz CT molecular complexity index is 1580. The summed E-state index contributed by atoms with van der Waals surface area (Å²) in [6.07, 6.45) is 1.72. The summed E-state index contributed by atoms with van der Waals surface area (Å²) in [6, 6.07) is 13.0. The van der Waals surface area contributed by atoms with E-state index >= 15 is 0 Å². The molecule has 1 aliphatic heterocycles. The quantitative estimate of drug-likeness (QED) is 0.478. The summed E-state index contributed by atoms with van der Waals surface area (Å²) >= 11 is 7.71. The molecule has 1 N–H and O–H groups in total. The highest BCUT2D eigenvalue weighted by molar-refractivity contribution is 7.07. The van der Waals surface area contributed by atoms with Crippen molar-refractivity contribution in [3.63, 3.8) is 0 Å². The van der Waals surface area contributed by atoms with E-state index in [4.69, 9.17) is 31.0 Å². The predicted octanol–water partition coefficient (Wildman–Crippen LogP) is 3.33. The molecule has 0 bridgehead atoms. The van der Waals surface area contributed by atoms with E-state index in [1.54, 1.807) is 68.5 Å². The molecule has 0 spiro atoms. The molecule has 2 aromatic carbocycles. The number of thiazole rings is 1. The van der Waals surface area contributed by atoms with Gasteiger partial charge in [0.1, 0.15) is 6.04 Å². The molecule has 0 saturated carbocycles. The van der Waals surface area contributed by atoms with Crippen molar-refractivity contribution < 1.29 is 29.0 Å². The Morgan fingerprint density at radius 3 is 2.34 bits per heavy atom. The lowest BCUT2D eigenvalue weighted by atomic mass is 9.96. The number of carboxylic acids is 1. The summed E-state index contributed by atoms with van der Waals surface area (Å²) in [4.78, 5) is 52.1. The third-order valence-electron chi connectivity index (χ3n) is 5.35. The van der Waals surface area contributed by atoms with Crippen LogP contribution in [0.3, 0.4) is 0 Å². The van der Waals surface area contributed by atoms with Gasteiger partial charge in [-0.15, -0.1) is 0 Å². The van der Waals surface area contributed by atoms with Crippen LogP contribution in [0.25, 0.3) is 6.08 Å². The average molecular weight is 557 g/mol. The van der Waals surface area contributed by atoms with Gasteiger partial charge >= 0.3 is 11.9 Å². The maximum Gasteiger partial charge on any atom is 0.338 e. The van der Waals surface area contributed by atoms with Crippen LogP contribution in [0.2, 0.25) is 5.02 Å². The van der Waals surface area contributed by atoms with Crippen LogP contribution in [0, 0.1) is 0 Å². The first kappa shape index (κ1) is 28.5. The summed E-state index contributed by atoms with van der Waals surface area (Å²) in [7, 11) is 1.32. The van der Waals surface area contributed by atoms with E-state index in [9.17, 15) is 14.4 Å². The molecular weight excluding hydrogens is 532 g/mol. The minimum atomic E-state index is -0.833. The number of hydrogen-bond acceptors (Lipinski definition) is 8. The number of carboxylic acid groups (broad SMARTS) is 1. The Morgan fingerprint density at radius 1 is 1.13 bits per heavy atom. The lowest BCUT2D eigenvalue weighted by molar-refractivity contribution is -0.139. The third kappa shape index (κ3) is 6.27. The molecule has 0 fully saturated rings. The molecule has 1 aliphatic rings. The maximum atomic E-state index is 13.6. The summed E-state index contributed by atoms with van der Waals surface area (Å²) in [5, 5.41) is 7.84. The molecule has 2 heterocycles. The zero-order chi connectivity index (χ0) is 28.0. The second-order valence-corrected chi connectivity index (χ2v) is 9.37. The average Bonchev–Trinajstić information content (AvgIpc) is 3.17. The van der Waals surface area contributed by atoms with Gasteiger partial charge in [0.25, 0.3) is 11.5 Å². The van der Waals surface area contributed by atoms with Crippen LogP contribution in [0.4, 0.5) is 0 Å². The number of carbonyl (C=O) groups excluding carboxylic acids is 2. The smallest absolute Gasteiger partial charge is 0.338 e. The van der Waals surface area contributed by atoms with E-state index in [1.165, 1.54) is 23.0 Å². The van der Waals surface area contributed by atoms with E-state index in [1.807, 2.05) is 0 Å². The van der Waals surface area contributed by atoms with Crippen LogP contribution < -0.4 is 14.9 Å². The van der Waals surface area contributed by atoms with Crippen molar-refractivity contribution in [2.45, 2.75) is 26.8 Å². The number of aromatic nitrogens is 1. The highest BCUT2D eigenvalue weighted by Gasteiger charge is 2.34. The fraction of sp³-hybridized carbons (Fsp3) is 0.222. The Hall–Kier alpha value is -4.02. The highest BCUT2D eigenvalue weighted by Crippen LogP contribution is 2.34. The van der Waals surface area contributed by atoms with E-state index in [2.05, 4.69) is 4.99 Å². The van der Waals surface area contributed by atoms with Gasteiger partial charge in [0.15, 0.2) is 4.80 Å². The zero-order valence-corrected chi connectivity index (χ0v) is 22.6. The largest absolute Gasteiger partial charge is 0.481 e. The van der Waals surface area contributed by atoms with E-state index in [-0.39, 0.29) is 17.7 Å². The zero-order valence-electron chi connectivity index (χ0n) is 21.1. The Balaban J connectivity index is 0.000000934. The van der Waals surface area contributed by atoms with Crippen molar-refractivity contribution in [3.8, 4) is 0 Å². The number of carbonyl (C=O) groups is 3. The molecule has 38 heavy (non-hydrogen) atoms. The molecular formula is C27H25ClN2O7S. The Labute approximate surface area is 226 Å². The highest BCUT2D eigenvalue weighted by atomic mass is 35.5. The number of esters is 2. The minimum Gasteiger partial charge on any atom is -0.481 e. The van der Waals surface area contributed by atoms with E-state index in [0.717, 1.165) is 12.5 Å². The number of methoxy groups -OCH3 is 1. The number of allylic oxidation sites excluding steroid dienone is 1. The normalized spacial score (nSPS) is 14.6. The van der Waals surface area contributed by atoms with Crippen LogP contribution in [-0.4, -0.2) is 41.3 Å². The number of nitrogens with zero attached hydrogens (tertiary/aromatic N) is 2. The van der Waals surface area contributed by atoms with Gasteiger partial charge in [-0.3, -0.25) is 14.2 Å². The fourth-order valence-electron chi connectivity index (χ4n) is 3.77. The number of hydrogen-bond donors (Lipinski definition) is 1. The van der Waals surface area contributed by atoms with Crippen molar-refractivity contribution >= 4 is 46.9 Å². The van der Waals surface area contributed by atoms with Crippen LogP contribution >= 0.6 is 22.9 Å². The summed E-state index contributed by atoms with van der Waals surface area (Å²) in [5.74, 6) is -1.81. The molecule has 0 saturated heterocycles. The van der Waals surface area contributed by atoms with Crippen molar-refractivity contribution in [2.75, 3.05) is 13.7 Å². The monoisotopic (exact) mass is 556 g/mol. The van der Waals surface area contributed by atoms with Crippen LogP contribution in [0.1, 0.15) is 48.3 Å². The van der Waals surface area contributed by atoms with Gasteiger partial charge in [-0.1, -0.05) is 53.3 Å². The van der Waals surface area contributed by atoms with Crippen molar-refractivity contribution in [1.29, 1.82) is 0 Å². The first-order valence-electron chi connectivity index (χ1n) is 11.4. The van der Waals surface area contributed by atoms with Gasteiger partial charge in [0.2, 0.25) is 0 Å². The minimum absolute atomic E-state index is 0.191. The molecule has 1 unspecified atom stereocenters. The fourth-order valence-corrected chi connectivity index (χ4v) is 5.05. The van der Waals surface area contributed by atoms with Gasteiger partial charge < -0.3 is 14.6 Å². The number of ether oxygens (including phenoxy) is 2. The Kier molecular flexibility index (Phi) is 9.38. The first-order valence-corrected chi connectivity index (χ1v) is 12.6. The molecule has 1 aromatic heterocycles. The topological polar surface area (TPSA) is 124 Å². The second kappa shape index (κ2) is 12.5. The first-order chi connectivity index (χ1) is 18.1. The predicted molar refractivity (Wildman–Crippen MR) is 143 cm³/mol. The molecule has 9 nitrogen and oxygen atoms in total. The van der Waals surface area contributed by atoms with Crippen molar-refractivity contribution in [3.05, 3.63) is 101 Å². The number of aliphatic carboxylic acids is 1. The van der Waals surface area contributed by atoms with Crippen molar-refractivity contribution in [1.82, 2.24) is 4.57 Å². The standard InChI is InChI=1S/C25H21ClN2O5S.C2H4O2/c1-4-33-24(31)20-14(2)27-25-28(21(20)17-7-5-6-8-18(17)26)22(29)19(34-25)13-15-9-11-16(12-10-15)23(30)32-3;1-2(3)4/h5-13,21H,4H2,1-3H3;1H3,(H,3,4)/b19-13+;. The van der Waals surface area contributed by atoms with Gasteiger partial charge in [-0.25, -0.2) is 14.6 Å². The number of benzene rings is 2. The molecule has 4 rings (SSSR count). The van der Waals surface area contributed by atoms with Crippen molar-refractivity contribution in [2.24, 2.45) is 4.99 Å². The molecule has 0 amide bonds. The third-order valence-corrected chi connectivity index (χ3v) is 6.67. The van der Waals surface area contributed by atoms with E-state index in [0.29, 0.717) is 31.2 Å². The van der Waals surface area contributed by atoms with Crippen LogP contribution in [0.5, 0.6) is 0 Å². The Morgan fingerprint density at radius 2 is 1.76 bits per heavy atom. The van der Waals surface area contributed by atoms with E-state index < -0.39 is 23.9 Å². The second-order valence-electron chi connectivity index (χ2n) is 7.96. The van der Waals surface area contributed by atoms with Crippen LogP contribution in [-0.2, 0) is 19.1 Å². The summed E-state index contributed by atoms with van der Waals surface area (Å²) < 4.78 is 11.9. The molecule has 0 radical (unpaired) electrons. The molecule has 11 heteroatoms. The van der Waals surface area contributed by atoms with Gasteiger partial charge in [-0.05, 0) is 49.2 Å². The SMILES string of the molecule is CC(=O)O.CCOC(=O)C1=C(C)N=c2s/c(=C/c3ccc(C(=O)OC)cc3)c(=O)n2C1c1ccccc1Cl. The number of fused-ring (bicyclic) bond motifs is 1.